The second kappa shape index (κ2) is 4.99. The van der Waals surface area contributed by atoms with E-state index < -0.39 is 10.0 Å². The maximum atomic E-state index is 12.5. The average Bonchev–Trinajstić information content (AvgIpc) is 2.35. The Morgan fingerprint density at radius 3 is 2.74 bits per heavy atom. The van der Waals surface area contributed by atoms with Crippen LogP contribution in [-0.2, 0) is 14.8 Å². The first-order valence-electron chi connectivity index (χ1n) is 6.04. The molecule has 0 amide bonds. The number of morpholine rings is 1. The number of aromatic hydroxyl groups is 1. The molecule has 0 saturated carbocycles. The maximum Gasteiger partial charge on any atom is 0.243 e. The molecule has 1 saturated heterocycles. The molecule has 2 rings (SSSR count). The van der Waals surface area contributed by atoms with Crippen LogP contribution in [-0.4, -0.2) is 43.1 Å². The number of phenolic OH excluding ortho intramolecular Hbond substituents is 1. The SMILES string of the molecule is CC1CN(S(=O)(=O)c2ccc(O)c(N)c2)C(C)CO1. The van der Waals surface area contributed by atoms with Crippen molar-refractivity contribution in [3.05, 3.63) is 18.2 Å². The van der Waals surface area contributed by atoms with E-state index in [1.807, 2.05) is 6.92 Å². The second-order valence-electron chi connectivity index (χ2n) is 4.79. The quantitative estimate of drug-likeness (QED) is 0.619. The van der Waals surface area contributed by atoms with Gasteiger partial charge in [0.05, 0.1) is 23.3 Å². The summed E-state index contributed by atoms with van der Waals surface area (Å²) in [6.45, 7) is 4.31. The molecular weight excluding hydrogens is 268 g/mol. The van der Waals surface area contributed by atoms with Gasteiger partial charge >= 0.3 is 0 Å². The minimum Gasteiger partial charge on any atom is -0.506 e. The van der Waals surface area contributed by atoms with Crippen molar-refractivity contribution >= 4 is 15.7 Å². The van der Waals surface area contributed by atoms with Crippen LogP contribution in [0.25, 0.3) is 0 Å². The van der Waals surface area contributed by atoms with Crippen molar-refractivity contribution in [2.24, 2.45) is 0 Å². The Kier molecular flexibility index (Phi) is 3.71. The van der Waals surface area contributed by atoms with Crippen molar-refractivity contribution in [2.45, 2.75) is 30.9 Å². The molecule has 7 heteroatoms. The third-order valence-corrected chi connectivity index (χ3v) is 5.13. The highest BCUT2D eigenvalue weighted by molar-refractivity contribution is 7.89. The largest absolute Gasteiger partial charge is 0.506 e. The number of sulfonamides is 1. The minimum absolute atomic E-state index is 0.0510. The Morgan fingerprint density at radius 2 is 2.11 bits per heavy atom. The summed E-state index contributed by atoms with van der Waals surface area (Å²) in [6, 6.07) is 3.69. The lowest BCUT2D eigenvalue weighted by Gasteiger charge is -2.35. The van der Waals surface area contributed by atoms with Crippen LogP contribution in [0.5, 0.6) is 5.75 Å². The third kappa shape index (κ3) is 2.68. The molecule has 1 aromatic carbocycles. The van der Waals surface area contributed by atoms with Crippen molar-refractivity contribution < 1.29 is 18.3 Å². The van der Waals surface area contributed by atoms with Gasteiger partial charge in [0.15, 0.2) is 0 Å². The number of ether oxygens (including phenoxy) is 1. The zero-order valence-corrected chi connectivity index (χ0v) is 11.7. The summed E-state index contributed by atoms with van der Waals surface area (Å²) in [6.07, 6.45) is -0.138. The van der Waals surface area contributed by atoms with Gasteiger partial charge in [0.25, 0.3) is 0 Å². The van der Waals surface area contributed by atoms with Crippen molar-refractivity contribution in [1.82, 2.24) is 4.31 Å². The second-order valence-corrected chi connectivity index (χ2v) is 6.68. The first-order valence-corrected chi connectivity index (χ1v) is 7.48. The summed E-state index contributed by atoms with van der Waals surface area (Å²) in [5.41, 5.74) is 5.60. The van der Waals surface area contributed by atoms with E-state index in [0.717, 1.165) is 0 Å². The topological polar surface area (TPSA) is 92.9 Å². The number of nitrogens with zero attached hydrogens (tertiary/aromatic N) is 1. The molecule has 0 radical (unpaired) electrons. The molecule has 1 heterocycles. The normalized spacial score (nSPS) is 25.4. The zero-order chi connectivity index (χ0) is 14.2. The van der Waals surface area contributed by atoms with Crippen LogP contribution in [0.4, 0.5) is 5.69 Å². The molecule has 6 nitrogen and oxygen atoms in total. The van der Waals surface area contributed by atoms with E-state index in [1.54, 1.807) is 6.92 Å². The van der Waals surface area contributed by atoms with E-state index in [0.29, 0.717) is 13.2 Å². The van der Waals surface area contributed by atoms with Crippen LogP contribution in [0.2, 0.25) is 0 Å². The van der Waals surface area contributed by atoms with Crippen LogP contribution in [0.15, 0.2) is 23.1 Å². The van der Waals surface area contributed by atoms with E-state index >= 15 is 0 Å². The van der Waals surface area contributed by atoms with Gasteiger partial charge in [-0.1, -0.05) is 0 Å². The number of hydrogen-bond acceptors (Lipinski definition) is 5. The molecular formula is C12H18N2O4S. The number of nitrogens with two attached hydrogens (primary N) is 1. The predicted octanol–water partition coefficient (Wildman–Crippen LogP) is 0.772. The molecule has 3 N–H and O–H groups in total. The molecule has 0 aromatic heterocycles. The molecule has 1 fully saturated rings. The molecule has 0 spiro atoms. The molecule has 2 unspecified atom stereocenters. The smallest absolute Gasteiger partial charge is 0.243 e. The third-order valence-electron chi connectivity index (χ3n) is 3.16. The lowest BCUT2D eigenvalue weighted by molar-refractivity contribution is -0.0170. The fourth-order valence-corrected chi connectivity index (χ4v) is 3.76. The summed E-state index contributed by atoms with van der Waals surface area (Å²) in [5, 5.41) is 9.36. The Balaban J connectivity index is 2.38. The van der Waals surface area contributed by atoms with E-state index in [4.69, 9.17) is 10.5 Å². The first kappa shape index (κ1) is 14.1. The summed E-state index contributed by atoms with van der Waals surface area (Å²) in [4.78, 5) is 0.0868. The molecule has 1 aromatic rings. The number of nitrogen functional groups attached to an aromatic ring is 1. The van der Waals surface area contributed by atoms with Gasteiger partial charge in [-0.25, -0.2) is 8.42 Å². The zero-order valence-electron chi connectivity index (χ0n) is 10.9. The fourth-order valence-electron chi connectivity index (χ4n) is 2.04. The highest BCUT2D eigenvalue weighted by Crippen LogP contribution is 2.27. The van der Waals surface area contributed by atoms with Gasteiger partial charge in [-0.2, -0.15) is 4.31 Å². The van der Waals surface area contributed by atoms with Crippen molar-refractivity contribution in [3.63, 3.8) is 0 Å². The van der Waals surface area contributed by atoms with Crippen molar-refractivity contribution in [3.8, 4) is 5.75 Å². The molecule has 0 aliphatic carbocycles. The lowest BCUT2D eigenvalue weighted by Crippen LogP contribution is -2.50. The maximum absolute atomic E-state index is 12.5. The molecule has 1 aliphatic rings. The molecule has 106 valence electrons. The van der Waals surface area contributed by atoms with E-state index in [-0.39, 0.29) is 28.5 Å². The van der Waals surface area contributed by atoms with Crippen LogP contribution in [0.1, 0.15) is 13.8 Å². The Labute approximate surface area is 112 Å². The van der Waals surface area contributed by atoms with Gasteiger partial charge in [-0.15, -0.1) is 0 Å². The number of rotatable bonds is 2. The average molecular weight is 286 g/mol. The Morgan fingerprint density at radius 1 is 1.42 bits per heavy atom. The standard InChI is InChI=1S/C12H18N2O4S/c1-8-7-18-9(2)6-14(8)19(16,17)10-3-4-12(15)11(13)5-10/h3-5,8-9,15H,6-7,13H2,1-2H3. The van der Waals surface area contributed by atoms with Crippen LogP contribution < -0.4 is 5.73 Å². The number of benzene rings is 1. The lowest BCUT2D eigenvalue weighted by atomic mass is 10.2. The van der Waals surface area contributed by atoms with Gasteiger partial charge in [-0.3, -0.25) is 0 Å². The van der Waals surface area contributed by atoms with Crippen molar-refractivity contribution in [1.29, 1.82) is 0 Å². The van der Waals surface area contributed by atoms with E-state index in [1.165, 1.54) is 22.5 Å². The van der Waals surface area contributed by atoms with Gasteiger partial charge in [-0.05, 0) is 32.0 Å². The molecule has 2 atom stereocenters. The highest BCUT2D eigenvalue weighted by Gasteiger charge is 2.34. The van der Waals surface area contributed by atoms with Crippen molar-refractivity contribution in [2.75, 3.05) is 18.9 Å². The summed E-state index contributed by atoms with van der Waals surface area (Å²) in [7, 11) is -3.62. The molecule has 1 aliphatic heterocycles. The summed E-state index contributed by atoms with van der Waals surface area (Å²) < 4.78 is 31.9. The highest BCUT2D eigenvalue weighted by atomic mass is 32.2. The Bertz CT molecular complexity index is 573. The van der Waals surface area contributed by atoms with Crippen LogP contribution >= 0.6 is 0 Å². The summed E-state index contributed by atoms with van der Waals surface area (Å²) in [5.74, 6) is -0.123. The molecule has 0 bridgehead atoms. The van der Waals surface area contributed by atoms with Gasteiger partial charge in [0, 0.05) is 12.6 Å². The van der Waals surface area contributed by atoms with Gasteiger partial charge in [0.1, 0.15) is 5.75 Å². The minimum atomic E-state index is -3.62. The predicted molar refractivity (Wildman–Crippen MR) is 71.3 cm³/mol. The first-order chi connectivity index (χ1) is 8.82. The Hall–Kier alpha value is -1.31. The fraction of sp³-hybridized carbons (Fsp3) is 0.500. The van der Waals surface area contributed by atoms with Crippen LogP contribution in [0, 0.1) is 0 Å². The summed E-state index contributed by atoms with van der Waals surface area (Å²) >= 11 is 0. The number of anilines is 1. The van der Waals surface area contributed by atoms with Gasteiger partial charge < -0.3 is 15.6 Å². The molecule has 19 heavy (non-hydrogen) atoms. The number of hydrogen-bond donors (Lipinski definition) is 2. The van der Waals surface area contributed by atoms with Gasteiger partial charge in [0.2, 0.25) is 10.0 Å². The number of phenols is 1. The monoisotopic (exact) mass is 286 g/mol. The van der Waals surface area contributed by atoms with E-state index in [2.05, 4.69) is 0 Å². The van der Waals surface area contributed by atoms with E-state index in [9.17, 15) is 13.5 Å². The van der Waals surface area contributed by atoms with Crippen LogP contribution in [0.3, 0.4) is 0 Å².